The molecule has 1 amide bonds. The smallest absolute Gasteiger partial charge is 0.251 e. The third kappa shape index (κ3) is 4.43. The minimum atomic E-state index is -0.390. The van der Waals surface area contributed by atoms with Gasteiger partial charge in [-0.1, -0.05) is 0 Å². The second kappa shape index (κ2) is 7.41. The highest BCUT2D eigenvalue weighted by Gasteiger charge is 2.23. The van der Waals surface area contributed by atoms with Crippen molar-refractivity contribution in [2.75, 3.05) is 27.2 Å². The summed E-state index contributed by atoms with van der Waals surface area (Å²) in [5.41, 5.74) is 0.0475. The minimum absolute atomic E-state index is 0.218. The minimum Gasteiger partial charge on any atom is -0.493 e. The van der Waals surface area contributed by atoms with Gasteiger partial charge in [0.1, 0.15) is 0 Å². The van der Waals surface area contributed by atoms with Crippen LogP contribution in [0.3, 0.4) is 0 Å². The van der Waals surface area contributed by atoms with Gasteiger partial charge < -0.3 is 19.5 Å². The lowest BCUT2D eigenvalue weighted by Crippen LogP contribution is -2.43. The molecule has 0 aliphatic heterocycles. The molecule has 0 aliphatic carbocycles. The predicted octanol–water partition coefficient (Wildman–Crippen LogP) is 2.85. The van der Waals surface area contributed by atoms with Crippen LogP contribution >= 0.6 is 11.6 Å². The van der Waals surface area contributed by atoms with Gasteiger partial charge in [-0.15, -0.1) is 11.6 Å². The van der Waals surface area contributed by atoms with Crippen LogP contribution in [0.1, 0.15) is 30.6 Å². The average molecular weight is 316 g/mol. The van der Waals surface area contributed by atoms with Crippen LogP contribution in [0.5, 0.6) is 17.2 Å². The highest BCUT2D eigenvalue weighted by molar-refractivity contribution is 6.17. The van der Waals surface area contributed by atoms with E-state index in [1.165, 1.54) is 21.3 Å². The monoisotopic (exact) mass is 315 g/mol. The molecule has 1 aromatic rings. The topological polar surface area (TPSA) is 56.8 Å². The van der Waals surface area contributed by atoms with Crippen LogP contribution in [-0.4, -0.2) is 38.7 Å². The van der Waals surface area contributed by atoms with Crippen molar-refractivity contribution >= 4 is 17.5 Å². The van der Waals surface area contributed by atoms with Crippen LogP contribution in [0, 0.1) is 0 Å². The van der Waals surface area contributed by atoms with Crippen molar-refractivity contribution in [1.82, 2.24) is 5.32 Å². The fourth-order valence-electron chi connectivity index (χ4n) is 1.89. The Balaban J connectivity index is 3.10. The zero-order valence-corrected chi connectivity index (χ0v) is 13.8. The number of hydrogen-bond donors (Lipinski definition) is 1. The number of methoxy groups -OCH3 is 3. The number of halogens is 1. The summed E-state index contributed by atoms with van der Waals surface area (Å²) in [5, 5.41) is 2.94. The van der Waals surface area contributed by atoms with Crippen LogP contribution in [0.25, 0.3) is 0 Å². The van der Waals surface area contributed by atoms with E-state index in [4.69, 9.17) is 25.8 Å². The summed E-state index contributed by atoms with van der Waals surface area (Å²) >= 11 is 5.74. The molecule has 0 radical (unpaired) electrons. The Labute approximate surface area is 130 Å². The van der Waals surface area contributed by atoms with Gasteiger partial charge in [-0.3, -0.25) is 4.79 Å². The molecule has 0 bridgehead atoms. The lowest BCUT2D eigenvalue weighted by molar-refractivity contribution is 0.0911. The molecular formula is C15H22ClNO4. The summed E-state index contributed by atoms with van der Waals surface area (Å²) in [5.74, 6) is 1.60. The van der Waals surface area contributed by atoms with Crippen molar-refractivity contribution in [3.8, 4) is 17.2 Å². The molecule has 0 atom stereocenters. The SMILES string of the molecule is COc1cc(C(=O)NC(C)(C)CCCl)cc(OC)c1OC. The number of rotatable bonds is 7. The first-order valence-corrected chi connectivity index (χ1v) is 7.10. The molecule has 1 rings (SSSR count). The van der Waals surface area contributed by atoms with E-state index in [1.54, 1.807) is 12.1 Å². The number of amides is 1. The Hall–Kier alpha value is -1.62. The summed E-state index contributed by atoms with van der Waals surface area (Å²) in [4.78, 5) is 12.4. The zero-order chi connectivity index (χ0) is 16.0. The van der Waals surface area contributed by atoms with E-state index in [2.05, 4.69) is 5.32 Å². The second-order valence-corrected chi connectivity index (χ2v) is 5.57. The number of alkyl halides is 1. The Morgan fingerprint density at radius 1 is 1.14 bits per heavy atom. The number of carbonyl (C=O) groups is 1. The quantitative estimate of drug-likeness (QED) is 0.786. The fourth-order valence-corrected chi connectivity index (χ4v) is 2.36. The lowest BCUT2D eigenvalue weighted by Gasteiger charge is -2.25. The second-order valence-electron chi connectivity index (χ2n) is 5.19. The van der Waals surface area contributed by atoms with E-state index in [-0.39, 0.29) is 11.4 Å². The molecule has 0 aromatic heterocycles. The van der Waals surface area contributed by atoms with Gasteiger partial charge in [0.25, 0.3) is 5.91 Å². The summed E-state index contributed by atoms with van der Waals surface area (Å²) in [6.07, 6.45) is 0.671. The Morgan fingerprint density at radius 2 is 1.67 bits per heavy atom. The molecule has 0 aliphatic rings. The average Bonchev–Trinajstić information content (AvgIpc) is 2.44. The van der Waals surface area contributed by atoms with Gasteiger partial charge in [0, 0.05) is 17.0 Å². The molecule has 1 N–H and O–H groups in total. The third-order valence-corrected chi connectivity index (χ3v) is 3.29. The Morgan fingerprint density at radius 3 is 2.05 bits per heavy atom. The van der Waals surface area contributed by atoms with Crippen molar-refractivity contribution < 1.29 is 19.0 Å². The highest BCUT2D eigenvalue weighted by Crippen LogP contribution is 2.38. The van der Waals surface area contributed by atoms with Crippen molar-refractivity contribution in [1.29, 1.82) is 0 Å². The van der Waals surface area contributed by atoms with Crippen LogP contribution in [0.4, 0.5) is 0 Å². The van der Waals surface area contributed by atoms with E-state index >= 15 is 0 Å². The van der Waals surface area contributed by atoms with Crippen LogP contribution in [0.15, 0.2) is 12.1 Å². The number of carbonyl (C=O) groups excluding carboxylic acids is 1. The summed E-state index contributed by atoms with van der Waals surface area (Å²) < 4.78 is 15.7. The molecule has 0 spiro atoms. The van der Waals surface area contributed by atoms with Crippen molar-refractivity contribution in [3.63, 3.8) is 0 Å². The normalized spacial score (nSPS) is 11.0. The molecular weight excluding hydrogens is 294 g/mol. The predicted molar refractivity (Wildman–Crippen MR) is 83.0 cm³/mol. The van der Waals surface area contributed by atoms with E-state index in [0.717, 1.165) is 0 Å². The van der Waals surface area contributed by atoms with E-state index in [0.29, 0.717) is 35.1 Å². The van der Waals surface area contributed by atoms with E-state index in [1.807, 2.05) is 13.8 Å². The first-order chi connectivity index (χ1) is 9.88. The first-order valence-electron chi connectivity index (χ1n) is 6.57. The van der Waals surface area contributed by atoms with Gasteiger partial charge >= 0.3 is 0 Å². The molecule has 5 nitrogen and oxygen atoms in total. The van der Waals surface area contributed by atoms with Gasteiger partial charge in [-0.05, 0) is 32.4 Å². The maximum Gasteiger partial charge on any atom is 0.251 e. The van der Waals surface area contributed by atoms with E-state index < -0.39 is 0 Å². The summed E-state index contributed by atoms with van der Waals surface area (Å²) in [6.45, 7) is 3.84. The van der Waals surface area contributed by atoms with Crippen molar-refractivity contribution in [2.45, 2.75) is 25.8 Å². The number of nitrogens with one attached hydrogen (secondary N) is 1. The molecule has 0 saturated carbocycles. The van der Waals surface area contributed by atoms with Crippen LogP contribution in [-0.2, 0) is 0 Å². The zero-order valence-electron chi connectivity index (χ0n) is 13.1. The van der Waals surface area contributed by atoms with Gasteiger partial charge in [0.05, 0.1) is 21.3 Å². The molecule has 21 heavy (non-hydrogen) atoms. The standard InChI is InChI=1S/C15H22ClNO4/c1-15(2,6-7-16)17-14(18)10-8-11(19-3)13(21-5)12(9-10)20-4/h8-9H,6-7H2,1-5H3,(H,17,18). The summed E-state index contributed by atoms with van der Waals surface area (Å²) in [6, 6.07) is 3.24. The maximum absolute atomic E-state index is 12.4. The Kier molecular flexibility index (Phi) is 6.15. The van der Waals surface area contributed by atoms with Crippen molar-refractivity contribution in [2.24, 2.45) is 0 Å². The molecule has 1 aromatic carbocycles. The van der Waals surface area contributed by atoms with E-state index in [9.17, 15) is 4.79 Å². The molecule has 118 valence electrons. The number of ether oxygens (including phenoxy) is 3. The summed E-state index contributed by atoms with van der Waals surface area (Å²) in [7, 11) is 4.54. The van der Waals surface area contributed by atoms with Gasteiger partial charge in [0.2, 0.25) is 5.75 Å². The highest BCUT2D eigenvalue weighted by atomic mass is 35.5. The largest absolute Gasteiger partial charge is 0.493 e. The van der Waals surface area contributed by atoms with Gasteiger partial charge in [0.15, 0.2) is 11.5 Å². The van der Waals surface area contributed by atoms with Gasteiger partial charge in [-0.2, -0.15) is 0 Å². The van der Waals surface area contributed by atoms with Gasteiger partial charge in [-0.25, -0.2) is 0 Å². The third-order valence-electron chi connectivity index (χ3n) is 3.10. The molecule has 0 fully saturated rings. The van der Waals surface area contributed by atoms with Crippen LogP contribution in [0.2, 0.25) is 0 Å². The van der Waals surface area contributed by atoms with Crippen molar-refractivity contribution in [3.05, 3.63) is 17.7 Å². The first kappa shape index (κ1) is 17.4. The number of hydrogen-bond acceptors (Lipinski definition) is 4. The molecule has 6 heteroatoms. The fraction of sp³-hybridized carbons (Fsp3) is 0.533. The number of benzene rings is 1. The molecule has 0 heterocycles. The van der Waals surface area contributed by atoms with Crippen LogP contribution < -0.4 is 19.5 Å². The molecule has 0 unspecified atom stereocenters. The Bertz CT molecular complexity index is 477. The maximum atomic E-state index is 12.4. The molecule has 0 saturated heterocycles. The lowest BCUT2D eigenvalue weighted by atomic mass is 10.0.